The molecule has 0 aliphatic rings. The van der Waals surface area contributed by atoms with E-state index in [1.807, 2.05) is 18.2 Å². The van der Waals surface area contributed by atoms with E-state index in [4.69, 9.17) is 5.73 Å². The van der Waals surface area contributed by atoms with Gasteiger partial charge in [0.2, 0.25) is 0 Å². The Balaban J connectivity index is 3.10. The van der Waals surface area contributed by atoms with Crippen LogP contribution in [0.5, 0.6) is 0 Å². The highest BCUT2D eigenvalue weighted by Gasteiger charge is 2.32. The fourth-order valence-electron chi connectivity index (χ4n) is 2.82. The normalized spacial score (nSPS) is 14.2. The summed E-state index contributed by atoms with van der Waals surface area (Å²) >= 11 is 0. The van der Waals surface area contributed by atoms with Gasteiger partial charge in [-0.05, 0) is 18.4 Å². The fraction of sp³-hybridized carbons (Fsp3) is 0.444. The van der Waals surface area contributed by atoms with E-state index >= 15 is 0 Å². The van der Waals surface area contributed by atoms with Crippen LogP contribution in [0, 0.1) is 11.7 Å². The van der Waals surface area contributed by atoms with Crippen molar-refractivity contribution in [3.63, 3.8) is 0 Å². The summed E-state index contributed by atoms with van der Waals surface area (Å²) in [5, 5.41) is 0. The fourth-order valence-corrected chi connectivity index (χ4v) is 2.82. The van der Waals surface area contributed by atoms with Crippen molar-refractivity contribution in [3.8, 4) is 0 Å². The molecule has 0 bridgehead atoms. The van der Waals surface area contributed by atoms with Crippen molar-refractivity contribution in [2.75, 3.05) is 19.6 Å². The summed E-state index contributed by atoms with van der Waals surface area (Å²) in [6.07, 6.45) is 4.39. The topological polar surface area (TPSA) is 29.3 Å². The van der Waals surface area contributed by atoms with E-state index in [0.29, 0.717) is 31.1 Å². The third-order valence-corrected chi connectivity index (χ3v) is 3.46. The quantitative estimate of drug-likeness (QED) is 0.703. The van der Waals surface area contributed by atoms with Gasteiger partial charge < -0.3 is 5.73 Å². The lowest BCUT2D eigenvalue weighted by Crippen LogP contribution is -2.49. The minimum absolute atomic E-state index is 0.238. The molecule has 116 valence electrons. The van der Waals surface area contributed by atoms with Gasteiger partial charge in [-0.1, -0.05) is 44.2 Å². The molecule has 0 radical (unpaired) electrons. The van der Waals surface area contributed by atoms with E-state index in [1.54, 1.807) is 12.1 Å². The first kappa shape index (κ1) is 17.6. The second-order valence-electron chi connectivity index (χ2n) is 6.01. The molecule has 1 unspecified atom stereocenters. The Labute approximate surface area is 128 Å². The summed E-state index contributed by atoms with van der Waals surface area (Å²) in [4.78, 5) is 2.13. The maximum atomic E-state index is 14.2. The smallest absolute Gasteiger partial charge is 0.128 e. The molecule has 0 aliphatic carbocycles. The lowest BCUT2D eigenvalue weighted by Gasteiger charge is -2.36. The van der Waals surface area contributed by atoms with Crippen molar-refractivity contribution in [1.82, 2.24) is 4.90 Å². The average molecular weight is 290 g/mol. The SMILES string of the molecule is C=CCN(CC=C)CC(N)(CC(C)C)c1ccccc1F. The molecule has 2 nitrogen and oxygen atoms in total. The van der Waals surface area contributed by atoms with Gasteiger partial charge in [0.1, 0.15) is 5.82 Å². The predicted octanol–water partition coefficient (Wildman–Crippen LogP) is 3.70. The zero-order valence-corrected chi connectivity index (χ0v) is 13.2. The van der Waals surface area contributed by atoms with Gasteiger partial charge in [-0.2, -0.15) is 0 Å². The van der Waals surface area contributed by atoms with Gasteiger partial charge in [0.25, 0.3) is 0 Å². The first-order valence-electron chi connectivity index (χ1n) is 7.41. The van der Waals surface area contributed by atoms with Crippen LogP contribution in [0.3, 0.4) is 0 Å². The Bertz CT molecular complexity index is 460. The van der Waals surface area contributed by atoms with Crippen molar-refractivity contribution < 1.29 is 4.39 Å². The molecule has 0 aromatic heterocycles. The summed E-state index contributed by atoms with van der Waals surface area (Å²) in [6, 6.07) is 6.80. The van der Waals surface area contributed by atoms with E-state index in [-0.39, 0.29) is 5.82 Å². The molecule has 1 aromatic rings. The van der Waals surface area contributed by atoms with Crippen LogP contribution in [0.4, 0.5) is 4.39 Å². The van der Waals surface area contributed by atoms with Crippen molar-refractivity contribution in [2.24, 2.45) is 11.7 Å². The summed E-state index contributed by atoms with van der Waals surface area (Å²) in [6.45, 7) is 13.7. The van der Waals surface area contributed by atoms with Gasteiger partial charge in [0, 0.05) is 25.2 Å². The number of nitrogens with two attached hydrogens (primary N) is 1. The number of nitrogens with zero attached hydrogens (tertiary/aromatic N) is 1. The molecule has 0 spiro atoms. The molecule has 2 N–H and O–H groups in total. The van der Waals surface area contributed by atoms with Gasteiger partial charge in [-0.15, -0.1) is 13.2 Å². The van der Waals surface area contributed by atoms with Gasteiger partial charge in [-0.25, -0.2) is 4.39 Å². The largest absolute Gasteiger partial charge is 0.320 e. The van der Waals surface area contributed by atoms with E-state index in [9.17, 15) is 4.39 Å². The van der Waals surface area contributed by atoms with Gasteiger partial charge in [-0.3, -0.25) is 4.90 Å². The molecule has 0 aliphatic heterocycles. The minimum Gasteiger partial charge on any atom is -0.320 e. The Morgan fingerprint density at radius 1 is 1.24 bits per heavy atom. The molecule has 3 heteroatoms. The molecule has 0 heterocycles. The van der Waals surface area contributed by atoms with Crippen LogP contribution < -0.4 is 5.73 Å². The van der Waals surface area contributed by atoms with Gasteiger partial charge in [0.05, 0.1) is 5.54 Å². The molecule has 1 aromatic carbocycles. The first-order chi connectivity index (χ1) is 9.92. The zero-order chi connectivity index (χ0) is 15.9. The molecule has 0 saturated carbocycles. The summed E-state index contributed by atoms with van der Waals surface area (Å²) in [5.41, 5.74) is 6.50. The molecule has 0 amide bonds. The Hall–Kier alpha value is -1.45. The third-order valence-electron chi connectivity index (χ3n) is 3.46. The average Bonchev–Trinajstić information content (AvgIpc) is 2.38. The van der Waals surface area contributed by atoms with Crippen molar-refractivity contribution in [2.45, 2.75) is 25.8 Å². The van der Waals surface area contributed by atoms with Gasteiger partial charge in [0.15, 0.2) is 0 Å². The van der Waals surface area contributed by atoms with E-state index in [1.165, 1.54) is 6.07 Å². The lowest BCUT2D eigenvalue weighted by atomic mass is 9.82. The van der Waals surface area contributed by atoms with Crippen LogP contribution >= 0.6 is 0 Å². The maximum Gasteiger partial charge on any atom is 0.128 e. The minimum atomic E-state index is -0.717. The number of benzene rings is 1. The lowest BCUT2D eigenvalue weighted by molar-refractivity contribution is 0.213. The molecule has 21 heavy (non-hydrogen) atoms. The van der Waals surface area contributed by atoms with E-state index < -0.39 is 5.54 Å². The molecular formula is C18H27FN2. The van der Waals surface area contributed by atoms with E-state index in [0.717, 1.165) is 6.42 Å². The van der Waals surface area contributed by atoms with Crippen LogP contribution in [-0.4, -0.2) is 24.5 Å². The van der Waals surface area contributed by atoms with E-state index in [2.05, 4.69) is 31.9 Å². The van der Waals surface area contributed by atoms with Crippen LogP contribution in [0.1, 0.15) is 25.8 Å². The number of hydrogen-bond donors (Lipinski definition) is 1. The van der Waals surface area contributed by atoms with Crippen LogP contribution in [0.15, 0.2) is 49.6 Å². The maximum absolute atomic E-state index is 14.2. The summed E-state index contributed by atoms with van der Waals surface area (Å²) in [7, 11) is 0. The highest BCUT2D eigenvalue weighted by molar-refractivity contribution is 5.26. The highest BCUT2D eigenvalue weighted by Crippen LogP contribution is 2.29. The molecule has 0 saturated heterocycles. The van der Waals surface area contributed by atoms with Crippen molar-refractivity contribution in [3.05, 3.63) is 61.0 Å². The molecule has 1 rings (SSSR count). The van der Waals surface area contributed by atoms with Crippen LogP contribution in [0.25, 0.3) is 0 Å². The third kappa shape index (κ3) is 5.10. The predicted molar refractivity (Wildman–Crippen MR) is 88.6 cm³/mol. The second kappa shape index (κ2) is 8.11. The second-order valence-corrected chi connectivity index (χ2v) is 6.01. The Morgan fingerprint density at radius 2 is 1.81 bits per heavy atom. The number of rotatable bonds is 9. The van der Waals surface area contributed by atoms with Crippen LogP contribution in [0.2, 0.25) is 0 Å². The van der Waals surface area contributed by atoms with Crippen molar-refractivity contribution >= 4 is 0 Å². The zero-order valence-electron chi connectivity index (χ0n) is 13.2. The summed E-state index contributed by atoms with van der Waals surface area (Å²) < 4.78 is 14.2. The number of hydrogen-bond acceptors (Lipinski definition) is 2. The highest BCUT2D eigenvalue weighted by atomic mass is 19.1. The van der Waals surface area contributed by atoms with Crippen LogP contribution in [-0.2, 0) is 5.54 Å². The standard InChI is InChI=1S/C18H27FN2/c1-5-11-21(12-6-2)14-18(20,13-15(3)4)16-9-7-8-10-17(16)19/h5-10,15H,1-2,11-14,20H2,3-4H3. The molecular weight excluding hydrogens is 263 g/mol. The Kier molecular flexibility index (Phi) is 6.79. The molecule has 0 fully saturated rings. The molecule has 1 atom stereocenters. The number of halogens is 1. The monoisotopic (exact) mass is 290 g/mol. The first-order valence-corrected chi connectivity index (χ1v) is 7.41. The summed E-state index contributed by atoms with van der Waals surface area (Å²) in [5.74, 6) is 0.140. The Morgan fingerprint density at radius 3 is 2.29 bits per heavy atom. The van der Waals surface area contributed by atoms with Crippen molar-refractivity contribution in [1.29, 1.82) is 0 Å². The van der Waals surface area contributed by atoms with Gasteiger partial charge >= 0.3 is 0 Å².